The third-order valence-electron chi connectivity index (χ3n) is 7.25. The first-order valence-corrected chi connectivity index (χ1v) is 11.9. The van der Waals surface area contributed by atoms with Gasteiger partial charge in [-0.2, -0.15) is 0 Å². The van der Waals surface area contributed by atoms with Gasteiger partial charge in [-0.3, -0.25) is 9.69 Å². The highest BCUT2D eigenvalue weighted by Crippen LogP contribution is 2.35. The van der Waals surface area contributed by atoms with E-state index in [1.807, 2.05) is 29.2 Å². The molecule has 170 valence electrons. The van der Waals surface area contributed by atoms with Crippen molar-refractivity contribution in [3.8, 4) is 5.75 Å². The number of likely N-dealkylation sites (tertiary alicyclic amines) is 1. The Kier molecular flexibility index (Phi) is 6.19. The van der Waals surface area contributed by atoms with Gasteiger partial charge in [0.1, 0.15) is 5.75 Å². The van der Waals surface area contributed by atoms with Gasteiger partial charge in [0.25, 0.3) is 5.91 Å². The van der Waals surface area contributed by atoms with Gasteiger partial charge in [0.2, 0.25) is 0 Å². The Morgan fingerprint density at radius 2 is 1.76 bits per heavy atom. The average molecular weight is 441 g/mol. The average Bonchev–Trinajstić information content (AvgIpc) is 3.27. The monoisotopic (exact) mass is 440 g/mol. The third-order valence-corrected chi connectivity index (χ3v) is 7.25. The Balaban J connectivity index is 1.37. The van der Waals surface area contributed by atoms with Crippen molar-refractivity contribution in [2.45, 2.75) is 25.8 Å². The smallest absolute Gasteiger partial charge is 0.254 e. The fraction of sp³-hybridized carbons (Fsp3) is 0.345. The lowest BCUT2D eigenvalue weighted by atomic mass is 9.87. The number of amides is 1. The van der Waals surface area contributed by atoms with Crippen LogP contribution >= 0.6 is 0 Å². The van der Waals surface area contributed by atoms with Gasteiger partial charge >= 0.3 is 0 Å². The molecular formula is C29H32N2O2. The van der Waals surface area contributed by atoms with Crippen molar-refractivity contribution >= 4 is 5.91 Å². The minimum Gasteiger partial charge on any atom is -0.497 e. The van der Waals surface area contributed by atoms with Crippen LogP contribution in [0.2, 0.25) is 0 Å². The number of rotatable bonds is 5. The predicted octanol–water partition coefficient (Wildman–Crippen LogP) is 4.92. The summed E-state index contributed by atoms with van der Waals surface area (Å²) in [7, 11) is 1.64. The summed E-state index contributed by atoms with van der Waals surface area (Å²) in [4.78, 5) is 18.0. The van der Waals surface area contributed by atoms with E-state index in [2.05, 4.69) is 60.4 Å². The van der Waals surface area contributed by atoms with Crippen LogP contribution < -0.4 is 4.74 Å². The summed E-state index contributed by atoms with van der Waals surface area (Å²) in [6.45, 7) is 6.75. The molecule has 0 radical (unpaired) electrons. The van der Waals surface area contributed by atoms with Gasteiger partial charge in [-0.15, -0.1) is 0 Å². The first kappa shape index (κ1) is 21.7. The van der Waals surface area contributed by atoms with Gasteiger partial charge in [0, 0.05) is 44.2 Å². The van der Waals surface area contributed by atoms with E-state index in [-0.39, 0.29) is 5.91 Å². The second kappa shape index (κ2) is 9.40. The van der Waals surface area contributed by atoms with Crippen LogP contribution in [0.1, 0.15) is 38.5 Å². The largest absolute Gasteiger partial charge is 0.497 e. The minimum atomic E-state index is 0.0949. The molecule has 2 heterocycles. The van der Waals surface area contributed by atoms with Crippen molar-refractivity contribution in [1.82, 2.24) is 9.80 Å². The summed E-state index contributed by atoms with van der Waals surface area (Å²) in [5, 5.41) is 0. The highest BCUT2D eigenvalue weighted by Gasteiger charge is 2.37. The summed E-state index contributed by atoms with van der Waals surface area (Å²) >= 11 is 0. The molecule has 3 aromatic rings. The molecule has 2 aliphatic rings. The Morgan fingerprint density at radius 1 is 0.970 bits per heavy atom. The molecule has 4 heteroatoms. The Labute approximate surface area is 196 Å². The first-order valence-electron chi connectivity index (χ1n) is 11.9. The number of carbonyl (C=O) groups is 1. The second-order valence-corrected chi connectivity index (χ2v) is 9.47. The molecule has 4 nitrogen and oxygen atoms in total. The second-order valence-electron chi connectivity index (χ2n) is 9.47. The Morgan fingerprint density at radius 3 is 2.55 bits per heavy atom. The molecule has 0 N–H and O–H groups in total. The van der Waals surface area contributed by atoms with E-state index >= 15 is 0 Å². The maximum atomic E-state index is 13.4. The van der Waals surface area contributed by atoms with Crippen LogP contribution in [0, 0.1) is 12.8 Å². The maximum Gasteiger partial charge on any atom is 0.254 e. The molecule has 1 saturated heterocycles. The van der Waals surface area contributed by atoms with Crippen LogP contribution in [0.3, 0.4) is 0 Å². The molecule has 0 spiro atoms. The zero-order chi connectivity index (χ0) is 22.8. The van der Waals surface area contributed by atoms with Crippen molar-refractivity contribution in [3.63, 3.8) is 0 Å². The van der Waals surface area contributed by atoms with E-state index < -0.39 is 0 Å². The van der Waals surface area contributed by atoms with Crippen LogP contribution in [-0.4, -0.2) is 49.0 Å². The van der Waals surface area contributed by atoms with Crippen LogP contribution in [0.15, 0.2) is 72.8 Å². The molecule has 0 bridgehead atoms. The fourth-order valence-corrected chi connectivity index (χ4v) is 5.39. The van der Waals surface area contributed by atoms with Gasteiger partial charge in [0.15, 0.2) is 0 Å². The highest BCUT2D eigenvalue weighted by atomic mass is 16.5. The highest BCUT2D eigenvalue weighted by molar-refractivity contribution is 5.94. The summed E-state index contributed by atoms with van der Waals surface area (Å²) in [6, 6.07) is 25.2. The van der Waals surface area contributed by atoms with E-state index in [0.717, 1.165) is 44.9 Å². The van der Waals surface area contributed by atoms with Gasteiger partial charge < -0.3 is 9.64 Å². The fourth-order valence-electron chi connectivity index (χ4n) is 5.39. The lowest BCUT2D eigenvalue weighted by molar-refractivity contribution is 0.0781. The molecule has 1 fully saturated rings. The topological polar surface area (TPSA) is 32.8 Å². The van der Waals surface area contributed by atoms with Crippen molar-refractivity contribution < 1.29 is 9.53 Å². The minimum absolute atomic E-state index is 0.0949. The third kappa shape index (κ3) is 4.67. The molecule has 2 unspecified atom stereocenters. The zero-order valence-electron chi connectivity index (χ0n) is 19.5. The van der Waals surface area contributed by atoms with Gasteiger partial charge in [-0.05, 0) is 54.2 Å². The molecule has 1 amide bonds. The quantitative estimate of drug-likeness (QED) is 0.565. The van der Waals surface area contributed by atoms with Gasteiger partial charge in [-0.25, -0.2) is 0 Å². The number of methoxy groups -OCH3 is 1. The first-order chi connectivity index (χ1) is 16.1. The maximum absolute atomic E-state index is 13.4. The van der Waals surface area contributed by atoms with E-state index in [9.17, 15) is 4.79 Å². The lowest BCUT2D eigenvalue weighted by Gasteiger charge is -2.32. The number of carbonyl (C=O) groups excluding carboxylic acids is 1. The predicted molar refractivity (Wildman–Crippen MR) is 132 cm³/mol. The van der Waals surface area contributed by atoms with E-state index in [0.29, 0.717) is 17.4 Å². The molecule has 0 aliphatic carbocycles. The van der Waals surface area contributed by atoms with E-state index in [1.54, 1.807) is 7.11 Å². The number of nitrogens with zero attached hydrogens (tertiary/aromatic N) is 2. The van der Waals surface area contributed by atoms with Crippen molar-refractivity contribution in [1.29, 1.82) is 0 Å². The Hall–Kier alpha value is -3.11. The number of hydrogen-bond acceptors (Lipinski definition) is 3. The number of aryl methyl sites for hydroxylation is 1. The lowest BCUT2D eigenvalue weighted by Crippen LogP contribution is -2.37. The summed E-state index contributed by atoms with van der Waals surface area (Å²) in [5.74, 6) is 1.57. The summed E-state index contributed by atoms with van der Waals surface area (Å²) in [6.07, 6.45) is 1.10. The molecule has 3 aromatic carbocycles. The van der Waals surface area contributed by atoms with Gasteiger partial charge in [0.05, 0.1) is 7.11 Å². The van der Waals surface area contributed by atoms with E-state index in [1.165, 1.54) is 22.3 Å². The molecule has 5 rings (SSSR count). The number of fused-ring (bicyclic) bond motifs is 1. The van der Waals surface area contributed by atoms with E-state index in [4.69, 9.17) is 4.74 Å². The molecule has 2 atom stereocenters. The summed E-state index contributed by atoms with van der Waals surface area (Å²) < 4.78 is 5.34. The van der Waals surface area contributed by atoms with Crippen LogP contribution in [0.4, 0.5) is 0 Å². The molecular weight excluding hydrogens is 408 g/mol. The number of ether oxygens (including phenoxy) is 1. The number of benzene rings is 3. The molecule has 33 heavy (non-hydrogen) atoms. The van der Waals surface area contributed by atoms with Crippen LogP contribution in [-0.2, 0) is 13.0 Å². The summed E-state index contributed by atoms with van der Waals surface area (Å²) in [5.41, 5.74) is 6.22. The van der Waals surface area contributed by atoms with Crippen molar-refractivity contribution in [2.24, 2.45) is 5.92 Å². The van der Waals surface area contributed by atoms with Gasteiger partial charge in [-0.1, -0.05) is 60.2 Å². The molecule has 0 aromatic heterocycles. The zero-order valence-corrected chi connectivity index (χ0v) is 19.5. The standard InChI is InChI=1S/C29H32N2O2/c1-21-10-12-23(13-11-21)28-20-31(29(32)24-8-5-9-27(16-24)33-2)19-26(28)18-30-15-14-22-6-3-4-7-25(22)17-30/h3-13,16,26,28H,14-15,17-20H2,1-2H3. The Bertz CT molecular complexity index is 1120. The van der Waals surface area contributed by atoms with Crippen molar-refractivity contribution in [3.05, 3.63) is 101 Å². The normalized spacial score (nSPS) is 20.5. The van der Waals surface area contributed by atoms with Crippen molar-refractivity contribution in [2.75, 3.05) is 33.3 Å². The van der Waals surface area contributed by atoms with Crippen LogP contribution in [0.5, 0.6) is 5.75 Å². The molecule has 2 aliphatic heterocycles. The SMILES string of the molecule is COc1cccc(C(=O)N2CC(CN3CCc4ccccc4C3)C(c3ccc(C)cc3)C2)c1. The van der Waals surface area contributed by atoms with Crippen LogP contribution in [0.25, 0.3) is 0 Å². The number of hydrogen-bond donors (Lipinski definition) is 0. The molecule has 0 saturated carbocycles.